The molecular weight excluding hydrogens is 376 g/mol. The maximum absolute atomic E-state index is 12.9. The highest BCUT2D eigenvalue weighted by Crippen LogP contribution is 2.37. The van der Waals surface area contributed by atoms with Gasteiger partial charge in [-0.15, -0.1) is 0 Å². The van der Waals surface area contributed by atoms with Crippen molar-refractivity contribution >= 4 is 23.2 Å². The van der Waals surface area contributed by atoms with Gasteiger partial charge < -0.3 is 10.2 Å². The Morgan fingerprint density at radius 2 is 2.04 bits per heavy atom. The van der Waals surface area contributed by atoms with Crippen LogP contribution in [0.1, 0.15) is 38.7 Å². The highest BCUT2D eigenvalue weighted by Gasteiger charge is 2.41. The summed E-state index contributed by atoms with van der Waals surface area (Å²) in [5.41, 5.74) is 0.666. The lowest BCUT2D eigenvalue weighted by molar-refractivity contribution is -0.134. The molecule has 0 aliphatic heterocycles. The molecule has 1 N–H and O–H groups in total. The van der Waals surface area contributed by atoms with E-state index >= 15 is 0 Å². The third kappa shape index (κ3) is 4.05. The monoisotopic (exact) mass is 397 g/mol. The summed E-state index contributed by atoms with van der Waals surface area (Å²) in [4.78, 5) is 18.6. The number of hydrogen-bond acceptors (Lipinski definition) is 4. The van der Waals surface area contributed by atoms with Gasteiger partial charge in [-0.2, -0.15) is 13.9 Å². The van der Waals surface area contributed by atoms with Crippen molar-refractivity contribution in [1.82, 2.24) is 19.7 Å². The van der Waals surface area contributed by atoms with Gasteiger partial charge in [-0.05, 0) is 25.0 Å². The molecule has 2 heterocycles. The fourth-order valence-corrected chi connectivity index (χ4v) is 3.72. The molecule has 2 aromatic heterocycles. The quantitative estimate of drug-likeness (QED) is 0.768. The van der Waals surface area contributed by atoms with E-state index in [1.807, 2.05) is 0 Å². The van der Waals surface area contributed by atoms with Crippen molar-refractivity contribution in [2.24, 2.45) is 0 Å². The number of carbonyl (C=O) groups excluding carboxylic acids is 1. The molecule has 0 unspecified atom stereocenters. The first kappa shape index (κ1) is 19.5. The van der Waals surface area contributed by atoms with Gasteiger partial charge in [-0.3, -0.25) is 4.79 Å². The van der Waals surface area contributed by atoms with Crippen LogP contribution in [0.4, 0.5) is 14.5 Å². The minimum atomic E-state index is -2.73. The largest absolute Gasteiger partial charge is 0.371 e. The number of likely N-dealkylation sites (N-methyl/N-ethyl adjacent to an activating group) is 1. The van der Waals surface area contributed by atoms with E-state index in [4.69, 9.17) is 11.6 Å². The number of rotatable bonds is 5. The van der Waals surface area contributed by atoms with Gasteiger partial charge in [0.2, 0.25) is 5.91 Å². The summed E-state index contributed by atoms with van der Waals surface area (Å²) < 4.78 is 26.4. The molecule has 1 aliphatic carbocycles. The van der Waals surface area contributed by atoms with Crippen molar-refractivity contribution < 1.29 is 13.6 Å². The van der Waals surface area contributed by atoms with Gasteiger partial charge in [0.05, 0.1) is 5.69 Å². The second-order valence-electron chi connectivity index (χ2n) is 6.98. The van der Waals surface area contributed by atoms with Crippen molar-refractivity contribution in [1.29, 1.82) is 0 Å². The molecule has 3 rings (SSSR count). The number of halogens is 3. The molecule has 1 fully saturated rings. The Kier molecular flexibility index (Phi) is 5.64. The van der Waals surface area contributed by atoms with Crippen molar-refractivity contribution in [2.75, 3.05) is 19.4 Å². The zero-order valence-electron chi connectivity index (χ0n) is 15.3. The van der Waals surface area contributed by atoms with Crippen molar-refractivity contribution in [3.05, 3.63) is 29.7 Å². The lowest BCUT2D eigenvalue weighted by Gasteiger charge is -2.39. The summed E-state index contributed by atoms with van der Waals surface area (Å²) in [6.45, 7) is -2.73. The first-order chi connectivity index (χ1) is 12.8. The molecule has 6 nitrogen and oxygen atoms in total. The number of aromatic nitrogens is 3. The van der Waals surface area contributed by atoms with E-state index in [-0.39, 0.29) is 11.1 Å². The SMILES string of the molecule is CN(C)C(=O)C1(Nc2cc(Cl)ncc2-c2ccn(C(F)F)n2)CCCCC1. The molecule has 2 aromatic rings. The standard InChI is InChI=1S/C18H22ClF2N5O/c1-25(2)16(27)18(7-4-3-5-8-18)23-14-10-15(19)22-11-12(14)13-6-9-26(24-13)17(20)21/h6,9-11,17H,3-5,7-8H2,1-2H3,(H,22,23). The van der Waals surface area contributed by atoms with Gasteiger partial charge in [0, 0.05) is 37.7 Å². The Morgan fingerprint density at radius 3 is 2.63 bits per heavy atom. The molecule has 1 aliphatic rings. The number of carbonyl (C=O) groups is 1. The number of nitrogens with one attached hydrogen (secondary N) is 1. The Balaban J connectivity index is 2.01. The van der Waals surface area contributed by atoms with E-state index in [0.717, 1.165) is 19.3 Å². The summed E-state index contributed by atoms with van der Waals surface area (Å²) in [5, 5.41) is 7.53. The predicted molar refractivity (Wildman–Crippen MR) is 99.9 cm³/mol. The van der Waals surface area contributed by atoms with E-state index in [0.29, 0.717) is 34.5 Å². The van der Waals surface area contributed by atoms with Gasteiger partial charge in [-0.25, -0.2) is 9.67 Å². The van der Waals surface area contributed by atoms with E-state index in [1.54, 1.807) is 25.1 Å². The molecule has 0 aromatic carbocycles. The summed E-state index contributed by atoms with van der Waals surface area (Å²) in [6.07, 6.45) is 7.01. The molecule has 1 amide bonds. The third-order valence-electron chi connectivity index (χ3n) is 4.85. The molecule has 0 atom stereocenters. The van der Waals surface area contributed by atoms with Crippen LogP contribution in [0.5, 0.6) is 0 Å². The average Bonchev–Trinajstić information content (AvgIpc) is 3.12. The Morgan fingerprint density at radius 1 is 1.33 bits per heavy atom. The van der Waals surface area contributed by atoms with Crippen LogP contribution in [-0.2, 0) is 4.79 Å². The van der Waals surface area contributed by atoms with Crippen LogP contribution >= 0.6 is 11.6 Å². The highest BCUT2D eigenvalue weighted by atomic mass is 35.5. The lowest BCUT2D eigenvalue weighted by Crippen LogP contribution is -2.53. The van der Waals surface area contributed by atoms with E-state index in [1.165, 1.54) is 18.5 Å². The number of amides is 1. The number of pyridine rings is 1. The van der Waals surface area contributed by atoms with Gasteiger partial charge in [-0.1, -0.05) is 30.9 Å². The van der Waals surface area contributed by atoms with Crippen LogP contribution in [0.2, 0.25) is 5.15 Å². The molecule has 9 heteroatoms. The van der Waals surface area contributed by atoms with Crippen molar-refractivity contribution in [3.63, 3.8) is 0 Å². The van der Waals surface area contributed by atoms with Crippen LogP contribution in [-0.4, -0.2) is 45.2 Å². The van der Waals surface area contributed by atoms with E-state index < -0.39 is 12.1 Å². The second kappa shape index (κ2) is 7.80. The first-order valence-electron chi connectivity index (χ1n) is 8.81. The number of hydrogen-bond donors (Lipinski definition) is 1. The second-order valence-corrected chi connectivity index (χ2v) is 7.37. The van der Waals surface area contributed by atoms with Gasteiger partial charge >= 0.3 is 6.55 Å². The highest BCUT2D eigenvalue weighted by molar-refractivity contribution is 6.29. The van der Waals surface area contributed by atoms with Gasteiger partial charge in [0.25, 0.3) is 0 Å². The molecular formula is C18H22ClF2N5O. The molecule has 0 bridgehead atoms. The first-order valence-corrected chi connectivity index (χ1v) is 9.19. The van der Waals surface area contributed by atoms with Crippen LogP contribution < -0.4 is 5.32 Å². The fourth-order valence-electron chi connectivity index (χ4n) is 3.56. The summed E-state index contributed by atoms with van der Waals surface area (Å²) in [6, 6.07) is 3.10. The third-order valence-corrected chi connectivity index (χ3v) is 5.06. The Labute approximate surface area is 161 Å². The molecule has 146 valence electrons. The average molecular weight is 398 g/mol. The molecule has 27 heavy (non-hydrogen) atoms. The van der Waals surface area contributed by atoms with Crippen LogP contribution in [0.25, 0.3) is 11.3 Å². The topological polar surface area (TPSA) is 63.1 Å². The van der Waals surface area contributed by atoms with Crippen LogP contribution in [0.3, 0.4) is 0 Å². The normalized spacial score (nSPS) is 16.4. The minimum absolute atomic E-state index is 0.0146. The zero-order chi connectivity index (χ0) is 19.6. The number of nitrogens with zero attached hydrogens (tertiary/aromatic N) is 4. The van der Waals surface area contributed by atoms with Crippen molar-refractivity contribution in [2.45, 2.75) is 44.2 Å². The molecule has 0 radical (unpaired) electrons. The molecule has 1 saturated carbocycles. The van der Waals surface area contributed by atoms with Crippen LogP contribution in [0, 0.1) is 0 Å². The maximum Gasteiger partial charge on any atom is 0.333 e. The van der Waals surface area contributed by atoms with Gasteiger partial charge in [0.1, 0.15) is 10.7 Å². The van der Waals surface area contributed by atoms with Crippen molar-refractivity contribution in [3.8, 4) is 11.3 Å². The lowest BCUT2D eigenvalue weighted by atomic mass is 9.80. The van der Waals surface area contributed by atoms with E-state index in [9.17, 15) is 13.6 Å². The maximum atomic E-state index is 12.9. The summed E-state index contributed by atoms with van der Waals surface area (Å²) in [7, 11) is 3.45. The Bertz CT molecular complexity index is 818. The summed E-state index contributed by atoms with van der Waals surface area (Å²) >= 11 is 6.07. The fraction of sp³-hybridized carbons (Fsp3) is 0.500. The number of anilines is 1. The van der Waals surface area contributed by atoms with Gasteiger partial charge in [0.15, 0.2) is 0 Å². The molecule has 0 saturated heterocycles. The van der Waals surface area contributed by atoms with Crippen LogP contribution in [0.15, 0.2) is 24.5 Å². The van der Waals surface area contributed by atoms with E-state index in [2.05, 4.69) is 15.4 Å². The predicted octanol–water partition coefficient (Wildman–Crippen LogP) is 4.20. The Hall–Kier alpha value is -2.22. The smallest absolute Gasteiger partial charge is 0.333 e. The number of alkyl halides is 2. The zero-order valence-corrected chi connectivity index (χ0v) is 16.0. The molecule has 0 spiro atoms. The summed E-state index contributed by atoms with van der Waals surface area (Å²) in [5.74, 6) is -0.0146. The minimum Gasteiger partial charge on any atom is -0.371 e.